The van der Waals surface area contributed by atoms with Crippen LogP contribution in [0.3, 0.4) is 0 Å². The first kappa shape index (κ1) is 21.3. The first-order chi connectivity index (χ1) is 14.5. The molecule has 3 N–H and O–H groups in total. The van der Waals surface area contributed by atoms with E-state index in [1.54, 1.807) is 20.3 Å². The van der Waals surface area contributed by atoms with Crippen LogP contribution in [-0.4, -0.2) is 43.2 Å². The summed E-state index contributed by atoms with van der Waals surface area (Å²) in [7, 11) is 3.16. The maximum atomic E-state index is 12.5. The molecule has 3 aromatic rings. The molecule has 0 aliphatic carbocycles. The number of H-pyrrole nitrogens is 1. The SMILES string of the molecule is CC[NH+](CC(=O)NCc1ccc(OC)c(OC)c1)Cc1nc2ccccc2c(=O)[nH]1. The maximum absolute atomic E-state index is 12.5. The molecule has 1 heterocycles. The number of nitrogens with one attached hydrogen (secondary N) is 3. The van der Waals surface area contributed by atoms with Crippen molar-refractivity contribution in [3.8, 4) is 11.5 Å². The van der Waals surface area contributed by atoms with Crippen molar-refractivity contribution in [3.05, 3.63) is 64.2 Å². The van der Waals surface area contributed by atoms with Crippen LogP contribution in [0.5, 0.6) is 11.5 Å². The number of fused-ring (bicyclic) bond motifs is 1. The topological polar surface area (TPSA) is 97.8 Å². The van der Waals surface area contributed by atoms with Gasteiger partial charge in [-0.3, -0.25) is 9.59 Å². The van der Waals surface area contributed by atoms with E-state index in [0.29, 0.717) is 41.3 Å². The van der Waals surface area contributed by atoms with Gasteiger partial charge in [0.2, 0.25) is 0 Å². The number of likely N-dealkylation sites (N-methyl/N-ethyl adjacent to an activating group) is 1. The van der Waals surface area contributed by atoms with Gasteiger partial charge in [0.25, 0.3) is 11.5 Å². The number of carbonyl (C=O) groups is 1. The number of benzene rings is 2. The monoisotopic (exact) mass is 411 g/mol. The fraction of sp³-hybridized carbons (Fsp3) is 0.318. The second-order valence-electron chi connectivity index (χ2n) is 6.95. The first-order valence-electron chi connectivity index (χ1n) is 9.83. The molecule has 1 amide bonds. The van der Waals surface area contributed by atoms with Crippen LogP contribution < -0.4 is 25.2 Å². The Bertz CT molecular complexity index is 1080. The van der Waals surface area contributed by atoms with E-state index in [1.165, 1.54) is 0 Å². The van der Waals surface area contributed by atoms with E-state index in [-0.39, 0.29) is 18.0 Å². The van der Waals surface area contributed by atoms with E-state index < -0.39 is 0 Å². The molecule has 0 aliphatic rings. The zero-order chi connectivity index (χ0) is 21.5. The summed E-state index contributed by atoms with van der Waals surface area (Å²) < 4.78 is 10.5. The fourth-order valence-electron chi connectivity index (χ4n) is 3.25. The molecule has 0 spiro atoms. The van der Waals surface area contributed by atoms with Gasteiger partial charge >= 0.3 is 0 Å². The minimum atomic E-state index is -0.163. The molecule has 3 rings (SSSR count). The molecule has 1 unspecified atom stereocenters. The van der Waals surface area contributed by atoms with Gasteiger partial charge in [0.05, 0.1) is 31.7 Å². The van der Waals surface area contributed by atoms with Crippen LogP contribution in [-0.2, 0) is 17.9 Å². The van der Waals surface area contributed by atoms with E-state index in [2.05, 4.69) is 15.3 Å². The van der Waals surface area contributed by atoms with Crippen molar-refractivity contribution >= 4 is 16.8 Å². The summed E-state index contributed by atoms with van der Waals surface area (Å²) in [5.74, 6) is 1.76. The molecule has 2 aromatic carbocycles. The van der Waals surface area contributed by atoms with Gasteiger partial charge < -0.3 is 24.7 Å². The van der Waals surface area contributed by atoms with E-state index in [4.69, 9.17) is 9.47 Å². The van der Waals surface area contributed by atoms with Crippen LogP contribution in [0, 0.1) is 0 Å². The average Bonchev–Trinajstić information content (AvgIpc) is 2.77. The van der Waals surface area contributed by atoms with Crippen LogP contribution in [0.4, 0.5) is 0 Å². The van der Waals surface area contributed by atoms with Gasteiger partial charge in [-0.25, -0.2) is 4.98 Å². The molecule has 0 saturated heterocycles. The quantitative estimate of drug-likeness (QED) is 0.481. The highest BCUT2D eigenvalue weighted by Gasteiger charge is 2.15. The molecular formula is C22H27N4O4+. The molecule has 8 nitrogen and oxygen atoms in total. The normalized spacial score (nSPS) is 11.8. The van der Waals surface area contributed by atoms with Crippen LogP contribution in [0.1, 0.15) is 18.3 Å². The summed E-state index contributed by atoms with van der Waals surface area (Å²) in [6.07, 6.45) is 0. The predicted molar refractivity (Wildman–Crippen MR) is 114 cm³/mol. The lowest BCUT2D eigenvalue weighted by molar-refractivity contribution is -0.904. The molecule has 30 heavy (non-hydrogen) atoms. The Morgan fingerprint density at radius 2 is 1.90 bits per heavy atom. The molecule has 1 aromatic heterocycles. The molecular weight excluding hydrogens is 384 g/mol. The molecule has 158 valence electrons. The highest BCUT2D eigenvalue weighted by molar-refractivity contribution is 5.77. The zero-order valence-electron chi connectivity index (χ0n) is 17.5. The second kappa shape index (κ2) is 9.89. The van der Waals surface area contributed by atoms with Crippen molar-refractivity contribution in [1.82, 2.24) is 15.3 Å². The smallest absolute Gasteiger partial charge is 0.275 e. The van der Waals surface area contributed by atoms with Crippen molar-refractivity contribution in [2.45, 2.75) is 20.0 Å². The number of carbonyl (C=O) groups excluding carboxylic acids is 1. The lowest BCUT2D eigenvalue weighted by atomic mass is 10.2. The highest BCUT2D eigenvalue weighted by Crippen LogP contribution is 2.27. The summed E-state index contributed by atoms with van der Waals surface area (Å²) in [6.45, 7) is 3.85. The number of amides is 1. The van der Waals surface area contributed by atoms with Crippen LogP contribution in [0.15, 0.2) is 47.3 Å². The summed E-state index contributed by atoms with van der Waals surface area (Å²) in [4.78, 5) is 33.0. The third kappa shape index (κ3) is 5.15. The highest BCUT2D eigenvalue weighted by atomic mass is 16.5. The van der Waals surface area contributed by atoms with Gasteiger partial charge in [-0.2, -0.15) is 0 Å². The van der Waals surface area contributed by atoms with Gasteiger partial charge in [0, 0.05) is 6.54 Å². The van der Waals surface area contributed by atoms with E-state index >= 15 is 0 Å². The predicted octanol–water partition coefficient (Wildman–Crippen LogP) is 0.662. The van der Waals surface area contributed by atoms with Gasteiger partial charge in [0.15, 0.2) is 23.9 Å². The van der Waals surface area contributed by atoms with Crippen molar-refractivity contribution in [2.24, 2.45) is 0 Å². The third-order valence-corrected chi connectivity index (χ3v) is 4.93. The fourth-order valence-corrected chi connectivity index (χ4v) is 3.25. The number of aromatic amines is 1. The second-order valence-corrected chi connectivity index (χ2v) is 6.95. The number of quaternary nitrogens is 1. The van der Waals surface area contributed by atoms with E-state index in [9.17, 15) is 9.59 Å². The summed E-state index contributed by atoms with van der Waals surface area (Å²) >= 11 is 0. The van der Waals surface area contributed by atoms with Crippen molar-refractivity contribution in [3.63, 3.8) is 0 Å². The molecule has 8 heteroatoms. The molecule has 0 saturated carbocycles. The Morgan fingerprint density at radius 1 is 1.13 bits per heavy atom. The number of rotatable bonds is 9. The summed E-state index contributed by atoms with van der Waals surface area (Å²) in [5, 5.41) is 3.49. The third-order valence-electron chi connectivity index (χ3n) is 4.93. The Morgan fingerprint density at radius 3 is 2.63 bits per heavy atom. The van der Waals surface area contributed by atoms with Crippen molar-refractivity contribution < 1.29 is 19.2 Å². The number of methoxy groups -OCH3 is 2. The summed E-state index contributed by atoms with van der Waals surface area (Å²) in [6, 6.07) is 12.8. The van der Waals surface area contributed by atoms with E-state index in [1.807, 2.05) is 43.3 Å². The van der Waals surface area contributed by atoms with Crippen molar-refractivity contribution in [1.29, 1.82) is 0 Å². The number of aromatic nitrogens is 2. The lowest BCUT2D eigenvalue weighted by Crippen LogP contribution is -3.11. The molecule has 1 atom stereocenters. The van der Waals surface area contributed by atoms with Gasteiger partial charge in [-0.05, 0) is 36.8 Å². The first-order valence-corrected chi connectivity index (χ1v) is 9.83. The largest absolute Gasteiger partial charge is 0.493 e. The Kier molecular flexibility index (Phi) is 7.03. The van der Waals surface area contributed by atoms with Crippen LogP contribution in [0.25, 0.3) is 10.9 Å². The minimum Gasteiger partial charge on any atom is -0.493 e. The van der Waals surface area contributed by atoms with Crippen LogP contribution in [0.2, 0.25) is 0 Å². The molecule has 0 bridgehead atoms. The molecule has 0 radical (unpaired) electrons. The number of para-hydroxylation sites is 1. The number of hydrogen-bond donors (Lipinski definition) is 3. The van der Waals surface area contributed by atoms with Crippen molar-refractivity contribution in [2.75, 3.05) is 27.3 Å². The van der Waals surface area contributed by atoms with Crippen LogP contribution >= 0.6 is 0 Å². The Labute approximate surface area is 174 Å². The van der Waals surface area contributed by atoms with Gasteiger partial charge in [0.1, 0.15) is 6.54 Å². The summed E-state index contributed by atoms with van der Waals surface area (Å²) in [5.41, 5.74) is 1.41. The Balaban J connectivity index is 1.60. The number of nitrogens with zero attached hydrogens (tertiary/aromatic N) is 1. The minimum absolute atomic E-state index is 0.0789. The van der Waals surface area contributed by atoms with Gasteiger partial charge in [-0.15, -0.1) is 0 Å². The maximum Gasteiger partial charge on any atom is 0.275 e. The number of ether oxygens (including phenoxy) is 2. The standard InChI is InChI=1S/C22H26N4O4/c1-4-26(13-20-24-17-8-6-5-7-16(17)22(28)25-20)14-21(27)23-12-15-9-10-18(29-2)19(11-15)30-3/h5-11H,4,12-14H2,1-3H3,(H,23,27)(H,24,25,28)/p+1. The lowest BCUT2D eigenvalue weighted by Gasteiger charge is -2.17. The zero-order valence-corrected chi connectivity index (χ0v) is 17.5. The van der Waals surface area contributed by atoms with E-state index in [0.717, 1.165) is 17.0 Å². The molecule has 0 aliphatic heterocycles. The average molecular weight is 411 g/mol. The Hall–Kier alpha value is -3.39. The molecule has 0 fully saturated rings. The number of hydrogen-bond acceptors (Lipinski definition) is 5. The van der Waals surface area contributed by atoms with Gasteiger partial charge in [-0.1, -0.05) is 18.2 Å².